The van der Waals surface area contributed by atoms with Crippen LogP contribution in [0.15, 0.2) is 36.9 Å². The van der Waals surface area contributed by atoms with E-state index in [1.807, 2.05) is 16.7 Å². The lowest BCUT2D eigenvalue weighted by molar-refractivity contribution is -0.141. The number of hydrogen-bond acceptors (Lipinski definition) is 5. The Morgan fingerprint density at radius 2 is 2.00 bits per heavy atom. The number of carbonyl (C=O) groups excluding carboxylic acids is 1. The summed E-state index contributed by atoms with van der Waals surface area (Å²) in [6.45, 7) is 2.61. The van der Waals surface area contributed by atoms with E-state index in [1.165, 1.54) is 24.4 Å². The monoisotopic (exact) mass is 356 g/mol. The molecule has 0 radical (unpaired) electrons. The molecule has 1 aromatic carbocycles. The summed E-state index contributed by atoms with van der Waals surface area (Å²) in [5.74, 6) is 0.286. The Hall–Kier alpha value is -2.47. The second-order valence-electron chi connectivity index (χ2n) is 6.29. The minimum absolute atomic E-state index is 0.220. The number of imidazole rings is 1. The number of benzene rings is 1. The highest BCUT2D eigenvalue weighted by Crippen LogP contribution is 2.42. The maximum Gasteiger partial charge on any atom is 0.302 e. The van der Waals surface area contributed by atoms with Crippen LogP contribution in [0, 0.1) is 0 Å². The zero-order valence-electron chi connectivity index (χ0n) is 13.7. The first kappa shape index (κ1) is 16.0. The Morgan fingerprint density at radius 1 is 1.24 bits per heavy atom. The van der Waals surface area contributed by atoms with Crippen molar-refractivity contribution in [2.45, 2.75) is 31.7 Å². The largest absolute Gasteiger partial charge is 0.465 e. The molecule has 7 heteroatoms. The van der Waals surface area contributed by atoms with Crippen LogP contribution in [0.3, 0.4) is 0 Å². The van der Waals surface area contributed by atoms with Gasteiger partial charge in [-0.15, -0.1) is 0 Å². The highest BCUT2D eigenvalue weighted by atomic mass is 35.5. The molecule has 0 fully saturated rings. The van der Waals surface area contributed by atoms with E-state index in [-0.39, 0.29) is 11.9 Å². The van der Waals surface area contributed by atoms with Gasteiger partial charge in [-0.25, -0.2) is 15.0 Å². The number of halogens is 1. The number of carbonyl (C=O) groups is 1. The lowest BCUT2D eigenvalue weighted by Gasteiger charge is -2.13. The van der Waals surface area contributed by atoms with E-state index in [2.05, 4.69) is 27.1 Å². The normalized spacial score (nSPS) is 19.1. The summed E-state index contributed by atoms with van der Waals surface area (Å²) in [5, 5.41) is 0.364. The van der Waals surface area contributed by atoms with Gasteiger partial charge < -0.3 is 9.30 Å². The Labute approximate surface area is 149 Å². The summed E-state index contributed by atoms with van der Waals surface area (Å²) >= 11 is 6.09. The number of rotatable bonds is 4. The summed E-state index contributed by atoms with van der Waals surface area (Å²) in [5.41, 5.74) is 3.90. The molecule has 0 saturated heterocycles. The minimum atomic E-state index is -0.243. The predicted molar refractivity (Wildman–Crippen MR) is 93.5 cm³/mol. The van der Waals surface area contributed by atoms with Crippen LogP contribution in [-0.2, 0) is 16.1 Å². The lowest BCUT2D eigenvalue weighted by Crippen LogP contribution is -2.10. The number of esters is 1. The number of hydrogen-bond donors (Lipinski definition) is 0. The first-order chi connectivity index (χ1) is 12.1. The average Bonchev–Trinajstić information content (AvgIpc) is 3.17. The van der Waals surface area contributed by atoms with Gasteiger partial charge in [-0.05, 0) is 17.5 Å². The third kappa shape index (κ3) is 2.98. The van der Waals surface area contributed by atoms with E-state index in [4.69, 9.17) is 16.3 Å². The van der Waals surface area contributed by atoms with Gasteiger partial charge in [0.25, 0.3) is 0 Å². The van der Waals surface area contributed by atoms with Crippen LogP contribution < -0.4 is 0 Å². The maximum atomic E-state index is 11.2. The van der Waals surface area contributed by atoms with Crippen molar-refractivity contribution in [2.75, 3.05) is 6.61 Å². The Morgan fingerprint density at radius 3 is 2.76 bits per heavy atom. The van der Waals surface area contributed by atoms with Gasteiger partial charge in [0, 0.05) is 25.3 Å². The topological polar surface area (TPSA) is 69.9 Å². The van der Waals surface area contributed by atoms with E-state index in [0.717, 1.165) is 18.6 Å². The molecule has 25 heavy (non-hydrogen) atoms. The molecule has 0 amide bonds. The van der Waals surface area contributed by atoms with E-state index >= 15 is 0 Å². The first-order valence-electron chi connectivity index (χ1n) is 8.17. The van der Waals surface area contributed by atoms with E-state index in [0.29, 0.717) is 23.2 Å². The fourth-order valence-corrected chi connectivity index (χ4v) is 3.80. The van der Waals surface area contributed by atoms with Gasteiger partial charge in [0.1, 0.15) is 11.8 Å². The van der Waals surface area contributed by atoms with Crippen LogP contribution in [0.4, 0.5) is 0 Å². The summed E-state index contributed by atoms with van der Waals surface area (Å²) < 4.78 is 7.27. The van der Waals surface area contributed by atoms with E-state index in [1.54, 1.807) is 6.33 Å². The van der Waals surface area contributed by atoms with Crippen molar-refractivity contribution in [3.8, 4) is 0 Å². The van der Waals surface area contributed by atoms with Crippen molar-refractivity contribution in [2.24, 2.45) is 0 Å². The molecule has 2 atom stereocenters. The van der Waals surface area contributed by atoms with Gasteiger partial charge in [0.15, 0.2) is 10.8 Å². The van der Waals surface area contributed by atoms with E-state index < -0.39 is 0 Å². The average molecular weight is 357 g/mol. The SMILES string of the molecule is CC(=O)OC[C@H]1C[C@@H](Cn2cnc3c(Cl)ncnc32)c2ccccc21. The molecule has 0 spiro atoms. The predicted octanol–water partition coefficient (Wildman–Crippen LogP) is 3.31. The molecule has 4 rings (SSSR count). The second-order valence-corrected chi connectivity index (χ2v) is 6.65. The molecule has 1 aliphatic rings. The number of ether oxygens (including phenoxy) is 1. The molecule has 2 heterocycles. The van der Waals surface area contributed by atoms with Crippen molar-refractivity contribution < 1.29 is 9.53 Å². The number of aromatic nitrogens is 4. The molecule has 0 N–H and O–H groups in total. The van der Waals surface area contributed by atoms with Crippen molar-refractivity contribution in [1.82, 2.24) is 19.5 Å². The van der Waals surface area contributed by atoms with Crippen LogP contribution in [0.2, 0.25) is 5.15 Å². The zero-order chi connectivity index (χ0) is 17.4. The summed E-state index contributed by atoms with van der Waals surface area (Å²) in [7, 11) is 0. The quantitative estimate of drug-likeness (QED) is 0.530. The van der Waals surface area contributed by atoms with Gasteiger partial charge >= 0.3 is 5.97 Å². The van der Waals surface area contributed by atoms with Gasteiger partial charge in [-0.2, -0.15) is 0 Å². The molecular weight excluding hydrogens is 340 g/mol. The third-order valence-corrected chi connectivity index (χ3v) is 4.98. The zero-order valence-corrected chi connectivity index (χ0v) is 14.5. The highest BCUT2D eigenvalue weighted by Gasteiger charge is 2.31. The summed E-state index contributed by atoms with van der Waals surface area (Å²) in [6, 6.07) is 8.34. The number of nitrogens with zero attached hydrogens (tertiary/aromatic N) is 4. The molecule has 0 bridgehead atoms. The van der Waals surface area contributed by atoms with Crippen LogP contribution in [-0.4, -0.2) is 32.1 Å². The molecule has 128 valence electrons. The fourth-order valence-electron chi connectivity index (χ4n) is 3.62. The Balaban J connectivity index is 1.62. The summed E-state index contributed by atoms with van der Waals surface area (Å²) in [4.78, 5) is 23.8. The van der Waals surface area contributed by atoms with E-state index in [9.17, 15) is 4.79 Å². The highest BCUT2D eigenvalue weighted by molar-refractivity contribution is 6.33. The molecule has 2 aromatic heterocycles. The van der Waals surface area contributed by atoms with Crippen molar-refractivity contribution in [3.63, 3.8) is 0 Å². The lowest BCUT2D eigenvalue weighted by atomic mass is 10.0. The van der Waals surface area contributed by atoms with Crippen LogP contribution in [0.1, 0.15) is 36.3 Å². The molecular formula is C18H17ClN4O2. The van der Waals surface area contributed by atoms with Gasteiger partial charge in [-0.1, -0.05) is 35.9 Å². The van der Waals surface area contributed by atoms with Gasteiger partial charge in [0.05, 0.1) is 12.9 Å². The first-order valence-corrected chi connectivity index (χ1v) is 8.55. The molecule has 0 aliphatic heterocycles. The number of fused-ring (bicyclic) bond motifs is 2. The Bertz CT molecular complexity index is 940. The maximum absolute atomic E-state index is 11.2. The Kier molecular flexibility index (Phi) is 4.13. The molecule has 3 aromatic rings. The van der Waals surface area contributed by atoms with Crippen LogP contribution in [0.5, 0.6) is 0 Å². The van der Waals surface area contributed by atoms with Crippen LogP contribution in [0.25, 0.3) is 11.2 Å². The van der Waals surface area contributed by atoms with Gasteiger partial charge in [0.2, 0.25) is 0 Å². The smallest absolute Gasteiger partial charge is 0.302 e. The van der Waals surface area contributed by atoms with Crippen molar-refractivity contribution >= 4 is 28.7 Å². The summed E-state index contributed by atoms with van der Waals surface area (Å²) in [6.07, 6.45) is 4.13. The van der Waals surface area contributed by atoms with Crippen molar-refractivity contribution in [3.05, 3.63) is 53.2 Å². The van der Waals surface area contributed by atoms with Gasteiger partial charge in [-0.3, -0.25) is 4.79 Å². The second kappa shape index (κ2) is 6.44. The fraction of sp³-hybridized carbons (Fsp3) is 0.333. The molecule has 1 aliphatic carbocycles. The molecule has 0 unspecified atom stereocenters. The third-order valence-electron chi connectivity index (χ3n) is 4.71. The standard InChI is InChI=1S/C18H17ClN4O2/c1-11(24)25-8-13-6-12(14-4-2-3-5-15(13)14)7-23-10-22-16-17(19)20-9-21-18(16)23/h2-5,9-10,12-13H,6-8H2,1H3/t12-,13+/m0/s1. The minimum Gasteiger partial charge on any atom is -0.465 e. The molecule has 6 nitrogen and oxygen atoms in total. The molecule has 0 saturated carbocycles. The van der Waals surface area contributed by atoms with Crippen LogP contribution >= 0.6 is 11.6 Å². The van der Waals surface area contributed by atoms with Crippen molar-refractivity contribution in [1.29, 1.82) is 0 Å².